The van der Waals surface area contributed by atoms with Crippen molar-refractivity contribution >= 4 is 0 Å². The molecule has 1 heterocycles. The van der Waals surface area contributed by atoms with Gasteiger partial charge in [0.15, 0.2) is 0 Å². The van der Waals surface area contributed by atoms with Gasteiger partial charge in [0.2, 0.25) is 0 Å². The molecule has 0 bridgehead atoms. The van der Waals surface area contributed by atoms with Crippen molar-refractivity contribution in [3.05, 3.63) is 66.5 Å². The van der Waals surface area contributed by atoms with Gasteiger partial charge in [-0.15, -0.1) is 5.10 Å². The molecule has 0 aliphatic carbocycles. The van der Waals surface area contributed by atoms with E-state index in [1.54, 1.807) is 10.9 Å². The lowest BCUT2D eigenvalue weighted by Crippen LogP contribution is -2.06. The Morgan fingerprint density at radius 3 is 2.35 bits per heavy atom. The van der Waals surface area contributed by atoms with E-state index in [9.17, 15) is 0 Å². The topological polar surface area (TPSA) is 66.0 Å². The van der Waals surface area contributed by atoms with E-state index in [2.05, 4.69) is 10.3 Å². The molecule has 0 amide bonds. The minimum Gasteiger partial charge on any atom is -0.457 e. The third-order valence-corrected chi connectivity index (χ3v) is 2.89. The molecule has 0 unspecified atom stereocenters. The number of benzene rings is 2. The second-order valence-electron chi connectivity index (χ2n) is 4.25. The Balaban J connectivity index is 1.81. The average Bonchev–Trinajstić information content (AvgIpc) is 2.98. The molecule has 0 saturated heterocycles. The molecule has 5 heteroatoms. The number of nitrogens with two attached hydrogens (primary N) is 1. The fourth-order valence-corrected chi connectivity index (χ4v) is 1.89. The zero-order valence-corrected chi connectivity index (χ0v) is 10.8. The fraction of sp³-hybridized carbons (Fsp3) is 0.0667. The molecular weight excluding hydrogens is 252 g/mol. The maximum Gasteiger partial charge on any atom is 0.127 e. The summed E-state index contributed by atoms with van der Waals surface area (Å²) in [5.74, 6) is 1.58. The molecule has 0 atom stereocenters. The van der Waals surface area contributed by atoms with Gasteiger partial charge in [-0.05, 0) is 36.4 Å². The first kappa shape index (κ1) is 12.4. The van der Waals surface area contributed by atoms with E-state index in [1.807, 2.05) is 54.6 Å². The summed E-state index contributed by atoms with van der Waals surface area (Å²) in [4.78, 5) is 0. The number of rotatable bonds is 4. The van der Waals surface area contributed by atoms with E-state index < -0.39 is 0 Å². The quantitative estimate of drug-likeness (QED) is 0.788. The number of ether oxygens (including phenoxy) is 1. The molecule has 100 valence electrons. The summed E-state index contributed by atoms with van der Waals surface area (Å²) in [5.41, 5.74) is 7.41. The van der Waals surface area contributed by atoms with Crippen LogP contribution in [0.2, 0.25) is 0 Å². The van der Waals surface area contributed by atoms with Gasteiger partial charge in [-0.3, -0.25) is 0 Å². The molecule has 0 spiro atoms. The highest BCUT2D eigenvalue weighted by atomic mass is 16.5. The highest BCUT2D eigenvalue weighted by Gasteiger charge is 2.04. The fourth-order valence-electron chi connectivity index (χ4n) is 1.89. The van der Waals surface area contributed by atoms with Crippen molar-refractivity contribution in [1.82, 2.24) is 15.0 Å². The summed E-state index contributed by atoms with van der Waals surface area (Å²) in [7, 11) is 0. The summed E-state index contributed by atoms with van der Waals surface area (Å²) < 4.78 is 7.45. The maximum atomic E-state index is 5.74. The Bertz CT molecular complexity index is 677. The highest BCUT2D eigenvalue weighted by molar-refractivity contribution is 5.39. The third kappa shape index (κ3) is 2.53. The van der Waals surface area contributed by atoms with E-state index >= 15 is 0 Å². The van der Waals surface area contributed by atoms with Crippen LogP contribution in [0.1, 0.15) is 5.69 Å². The van der Waals surface area contributed by atoms with Crippen LogP contribution in [0.15, 0.2) is 60.8 Å². The Kier molecular flexibility index (Phi) is 3.43. The second kappa shape index (κ2) is 5.54. The minimum absolute atomic E-state index is 0.398. The van der Waals surface area contributed by atoms with E-state index in [4.69, 9.17) is 10.5 Å². The lowest BCUT2D eigenvalue weighted by atomic mass is 10.3. The minimum atomic E-state index is 0.398. The molecule has 0 saturated carbocycles. The SMILES string of the molecule is NCc1cnnn1-c1ccc(Oc2ccccc2)cc1. The van der Waals surface area contributed by atoms with Crippen molar-refractivity contribution in [2.75, 3.05) is 0 Å². The van der Waals surface area contributed by atoms with Gasteiger partial charge in [0.05, 0.1) is 17.6 Å². The van der Waals surface area contributed by atoms with Crippen LogP contribution in [0, 0.1) is 0 Å². The zero-order chi connectivity index (χ0) is 13.8. The van der Waals surface area contributed by atoms with Crippen molar-refractivity contribution in [2.45, 2.75) is 6.54 Å². The van der Waals surface area contributed by atoms with Gasteiger partial charge in [-0.2, -0.15) is 0 Å². The highest BCUT2D eigenvalue weighted by Crippen LogP contribution is 2.22. The number of hydrogen-bond acceptors (Lipinski definition) is 4. The zero-order valence-electron chi connectivity index (χ0n) is 10.8. The van der Waals surface area contributed by atoms with Crippen molar-refractivity contribution in [2.24, 2.45) is 5.73 Å². The molecule has 1 aromatic heterocycles. The summed E-state index contributed by atoms with van der Waals surface area (Å²) in [6.07, 6.45) is 1.66. The molecule has 20 heavy (non-hydrogen) atoms. The smallest absolute Gasteiger partial charge is 0.127 e. The summed E-state index contributed by atoms with van der Waals surface area (Å²) >= 11 is 0. The summed E-state index contributed by atoms with van der Waals surface area (Å²) in [6, 6.07) is 17.3. The first-order valence-corrected chi connectivity index (χ1v) is 6.30. The Labute approximate surface area is 116 Å². The Morgan fingerprint density at radius 1 is 0.950 bits per heavy atom. The van der Waals surface area contributed by atoms with Gasteiger partial charge in [-0.1, -0.05) is 23.4 Å². The summed E-state index contributed by atoms with van der Waals surface area (Å²) in [5, 5.41) is 7.88. The van der Waals surface area contributed by atoms with Crippen LogP contribution < -0.4 is 10.5 Å². The Morgan fingerprint density at radius 2 is 1.65 bits per heavy atom. The molecule has 5 nitrogen and oxygen atoms in total. The second-order valence-corrected chi connectivity index (χ2v) is 4.25. The van der Waals surface area contributed by atoms with Gasteiger partial charge in [0.25, 0.3) is 0 Å². The standard InChI is InChI=1S/C15H14N4O/c16-10-13-11-17-18-19(13)12-6-8-15(9-7-12)20-14-4-2-1-3-5-14/h1-9,11H,10,16H2. The van der Waals surface area contributed by atoms with Gasteiger partial charge >= 0.3 is 0 Å². The van der Waals surface area contributed by atoms with Crippen molar-refractivity contribution in [1.29, 1.82) is 0 Å². The molecule has 0 fully saturated rings. The molecule has 0 aliphatic rings. The largest absolute Gasteiger partial charge is 0.457 e. The first-order chi connectivity index (χ1) is 9.86. The molecule has 3 rings (SSSR count). The molecule has 0 radical (unpaired) electrons. The van der Waals surface area contributed by atoms with Crippen LogP contribution in [0.3, 0.4) is 0 Å². The number of para-hydroxylation sites is 1. The van der Waals surface area contributed by atoms with Gasteiger partial charge in [-0.25, -0.2) is 4.68 Å². The van der Waals surface area contributed by atoms with Crippen LogP contribution in [0.4, 0.5) is 0 Å². The maximum absolute atomic E-state index is 5.74. The average molecular weight is 266 g/mol. The Hall–Kier alpha value is -2.66. The summed E-state index contributed by atoms with van der Waals surface area (Å²) in [6.45, 7) is 0.398. The molecule has 3 aromatic rings. The lowest BCUT2D eigenvalue weighted by Gasteiger charge is -2.07. The van der Waals surface area contributed by atoms with Crippen molar-refractivity contribution < 1.29 is 4.74 Å². The van der Waals surface area contributed by atoms with Crippen molar-refractivity contribution in [3.8, 4) is 17.2 Å². The van der Waals surface area contributed by atoms with Crippen LogP contribution in [-0.4, -0.2) is 15.0 Å². The number of aromatic nitrogens is 3. The van der Waals surface area contributed by atoms with Gasteiger partial charge in [0.1, 0.15) is 11.5 Å². The van der Waals surface area contributed by atoms with E-state index in [0.717, 1.165) is 22.9 Å². The number of nitrogens with zero attached hydrogens (tertiary/aromatic N) is 3. The lowest BCUT2D eigenvalue weighted by molar-refractivity contribution is 0.482. The van der Waals surface area contributed by atoms with Crippen LogP contribution >= 0.6 is 0 Å². The van der Waals surface area contributed by atoms with E-state index in [0.29, 0.717) is 6.54 Å². The normalized spacial score (nSPS) is 10.4. The van der Waals surface area contributed by atoms with E-state index in [-0.39, 0.29) is 0 Å². The number of hydrogen-bond donors (Lipinski definition) is 1. The molecule has 2 aromatic carbocycles. The molecule has 0 aliphatic heterocycles. The third-order valence-electron chi connectivity index (χ3n) is 2.89. The van der Waals surface area contributed by atoms with Crippen LogP contribution in [-0.2, 0) is 6.54 Å². The molecule has 2 N–H and O–H groups in total. The van der Waals surface area contributed by atoms with Gasteiger partial charge in [0, 0.05) is 6.54 Å². The van der Waals surface area contributed by atoms with Crippen molar-refractivity contribution in [3.63, 3.8) is 0 Å². The molecular formula is C15H14N4O. The van der Waals surface area contributed by atoms with E-state index in [1.165, 1.54) is 0 Å². The first-order valence-electron chi connectivity index (χ1n) is 6.30. The predicted octanol–water partition coefficient (Wildman–Crippen LogP) is 2.52. The van der Waals surface area contributed by atoms with Crippen LogP contribution in [0.5, 0.6) is 11.5 Å². The predicted molar refractivity (Wildman–Crippen MR) is 75.8 cm³/mol. The monoisotopic (exact) mass is 266 g/mol. The van der Waals surface area contributed by atoms with Gasteiger partial charge < -0.3 is 10.5 Å². The van der Waals surface area contributed by atoms with Crippen LogP contribution in [0.25, 0.3) is 5.69 Å².